The van der Waals surface area contributed by atoms with E-state index in [2.05, 4.69) is 26.5 Å². The zero-order chi connectivity index (χ0) is 24.6. The molecule has 0 aromatic carbocycles. The zero-order valence-corrected chi connectivity index (χ0v) is 19.6. The van der Waals surface area contributed by atoms with Gasteiger partial charge >= 0.3 is 5.97 Å². The second-order valence-corrected chi connectivity index (χ2v) is 11.2. The Morgan fingerprint density at radius 2 is 1.85 bits per heavy atom. The molecule has 4 aliphatic carbocycles. The van der Waals surface area contributed by atoms with Gasteiger partial charge in [-0.05, 0) is 73.0 Å². The second kappa shape index (κ2) is 8.10. The van der Waals surface area contributed by atoms with Gasteiger partial charge in [0.1, 0.15) is 18.3 Å². The number of hydrogen-bond donors (Lipinski definition) is 4. The molecule has 1 saturated heterocycles. The largest absolute Gasteiger partial charge is 0.479 e. The number of allylic oxidation sites excluding steroid dienone is 5. The summed E-state index contributed by atoms with van der Waals surface area (Å²) in [5.74, 6) is -0.310. The smallest absolute Gasteiger partial charge is 0.335 e. The Bertz CT molecular complexity index is 970. The number of fused-ring (bicyclic) bond motifs is 5. The highest BCUT2D eigenvalue weighted by atomic mass is 16.7. The van der Waals surface area contributed by atoms with Crippen molar-refractivity contribution in [1.82, 2.24) is 0 Å². The lowest BCUT2D eigenvalue weighted by atomic mass is 9.47. The average molecular weight is 475 g/mol. The third-order valence-corrected chi connectivity index (χ3v) is 9.56. The lowest BCUT2D eigenvalue weighted by Gasteiger charge is -2.57. The van der Waals surface area contributed by atoms with Crippen LogP contribution in [0.3, 0.4) is 0 Å². The standard InChI is InChI=1S/C26H34O8/c1-12-10-14-15-4-5-18(33-24-21(30)19(28)20(29)22(34-24)23(31)32)26(15,3)9-7-16(14)25(2)8-6-13(27)11-17(12)25/h6,8,11,14-16,18-22,24,28-30H,1,4-5,7,9-10H2,2-3H3,(H,31,32)/t14-,15-,16-,18?,19-,20-,21+,22-,24+,25+,26-/m0/s1. The highest BCUT2D eigenvalue weighted by Crippen LogP contribution is 2.65. The number of carboxylic acid groups (broad SMARTS) is 1. The van der Waals surface area contributed by atoms with E-state index in [4.69, 9.17) is 9.47 Å². The van der Waals surface area contributed by atoms with Gasteiger partial charge in [-0.15, -0.1) is 0 Å². The van der Waals surface area contributed by atoms with Crippen LogP contribution in [0.2, 0.25) is 0 Å². The second-order valence-electron chi connectivity index (χ2n) is 11.2. The number of hydrogen-bond acceptors (Lipinski definition) is 7. The predicted octanol–water partition coefficient (Wildman–Crippen LogP) is 1.74. The van der Waals surface area contributed by atoms with Gasteiger partial charge in [0.05, 0.1) is 6.10 Å². The molecule has 5 rings (SSSR count). The van der Waals surface area contributed by atoms with Crippen molar-refractivity contribution in [2.24, 2.45) is 28.6 Å². The molecule has 0 bridgehead atoms. The van der Waals surface area contributed by atoms with Crippen molar-refractivity contribution in [3.05, 3.63) is 36.0 Å². The number of carbonyl (C=O) groups excluding carboxylic acids is 1. The molecule has 4 fully saturated rings. The number of aliphatic hydroxyl groups is 3. The minimum atomic E-state index is -1.73. The number of ketones is 1. The van der Waals surface area contributed by atoms with E-state index in [9.17, 15) is 30.0 Å². The number of aliphatic hydroxyl groups excluding tert-OH is 3. The van der Waals surface area contributed by atoms with Crippen molar-refractivity contribution in [2.45, 2.75) is 82.8 Å². The predicted molar refractivity (Wildman–Crippen MR) is 120 cm³/mol. The molecule has 3 saturated carbocycles. The molecular formula is C26H34O8. The molecule has 0 radical (unpaired) electrons. The minimum absolute atomic E-state index is 0.0139. The number of rotatable bonds is 3. The maximum absolute atomic E-state index is 12.0. The molecule has 1 aliphatic heterocycles. The summed E-state index contributed by atoms with van der Waals surface area (Å²) in [6.07, 6.45) is 1.55. The van der Waals surface area contributed by atoms with Gasteiger partial charge in [0, 0.05) is 5.41 Å². The lowest BCUT2D eigenvalue weighted by Crippen LogP contribution is -2.61. The quantitative estimate of drug-likeness (QED) is 0.486. The van der Waals surface area contributed by atoms with Crippen molar-refractivity contribution in [2.75, 3.05) is 0 Å². The Balaban J connectivity index is 1.37. The monoisotopic (exact) mass is 474 g/mol. The summed E-state index contributed by atoms with van der Waals surface area (Å²) in [6, 6.07) is 0. The van der Waals surface area contributed by atoms with Gasteiger partial charge in [-0.25, -0.2) is 4.79 Å². The number of aliphatic carboxylic acids is 1. The third kappa shape index (κ3) is 3.38. The Kier molecular flexibility index (Phi) is 5.69. The molecule has 0 aromatic rings. The number of ether oxygens (including phenoxy) is 2. The van der Waals surface area contributed by atoms with E-state index >= 15 is 0 Å². The van der Waals surface area contributed by atoms with E-state index in [-0.39, 0.29) is 22.7 Å². The van der Waals surface area contributed by atoms with Crippen LogP contribution in [0.5, 0.6) is 0 Å². The number of carboxylic acids is 1. The Hall–Kier alpha value is -1.84. The first-order valence-electron chi connectivity index (χ1n) is 12.2. The van der Waals surface area contributed by atoms with E-state index in [1.807, 2.05) is 0 Å². The van der Waals surface area contributed by atoms with Gasteiger partial charge < -0.3 is 29.9 Å². The van der Waals surface area contributed by atoms with Crippen LogP contribution in [0.4, 0.5) is 0 Å². The molecule has 11 atom stereocenters. The molecule has 0 amide bonds. The van der Waals surface area contributed by atoms with Crippen LogP contribution in [-0.2, 0) is 19.1 Å². The number of carbonyl (C=O) groups is 2. The van der Waals surface area contributed by atoms with Gasteiger partial charge in [-0.1, -0.05) is 32.1 Å². The SMILES string of the molecule is C=C1C[C@@H]2[C@H](CC[C@]3(C)C(O[C@@H]4O[C@H](C(=O)O)[C@@H](O)[C@H](O)[C@H]4O)CC[C@@H]23)[C@@]2(C)C=CC(=O)C=C12. The average Bonchev–Trinajstić information content (AvgIpc) is 3.11. The molecule has 186 valence electrons. The summed E-state index contributed by atoms with van der Waals surface area (Å²) in [6.45, 7) is 8.72. The van der Waals surface area contributed by atoms with Crippen LogP contribution in [0.1, 0.15) is 46.0 Å². The Morgan fingerprint density at radius 1 is 1.12 bits per heavy atom. The normalized spacial score (nSPS) is 50.3. The fraction of sp³-hybridized carbons (Fsp3) is 0.692. The summed E-state index contributed by atoms with van der Waals surface area (Å²) in [5, 5.41) is 39.9. The topological polar surface area (TPSA) is 134 Å². The molecule has 0 spiro atoms. The zero-order valence-electron chi connectivity index (χ0n) is 19.6. The molecule has 4 N–H and O–H groups in total. The van der Waals surface area contributed by atoms with Gasteiger partial charge in [-0.2, -0.15) is 0 Å². The first-order chi connectivity index (χ1) is 16.0. The van der Waals surface area contributed by atoms with Crippen LogP contribution in [0, 0.1) is 28.6 Å². The molecular weight excluding hydrogens is 440 g/mol. The lowest BCUT2D eigenvalue weighted by molar-refractivity contribution is -0.312. The molecule has 8 heteroatoms. The van der Waals surface area contributed by atoms with Crippen molar-refractivity contribution >= 4 is 11.8 Å². The van der Waals surface area contributed by atoms with Gasteiger partial charge in [-0.3, -0.25) is 4.79 Å². The fourth-order valence-electron chi connectivity index (χ4n) is 7.71. The maximum Gasteiger partial charge on any atom is 0.335 e. The van der Waals surface area contributed by atoms with Crippen molar-refractivity contribution < 1.29 is 39.5 Å². The van der Waals surface area contributed by atoms with Crippen LogP contribution >= 0.6 is 0 Å². The van der Waals surface area contributed by atoms with E-state index in [0.29, 0.717) is 17.8 Å². The van der Waals surface area contributed by atoms with Crippen molar-refractivity contribution in [3.8, 4) is 0 Å². The fourth-order valence-corrected chi connectivity index (χ4v) is 7.71. The van der Waals surface area contributed by atoms with Crippen molar-refractivity contribution in [1.29, 1.82) is 0 Å². The van der Waals surface area contributed by atoms with Crippen molar-refractivity contribution in [3.63, 3.8) is 0 Å². The van der Waals surface area contributed by atoms with E-state index in [1.165, 1.54) is 0 Å². The van der Waals surface area contributed by atoms with Crippen LogP contribution in [0.25, 0.3) is 0 Å². The highest BCUT2D eigenvalue weighted by Gasteiger charge is 2.60. The summed E-state index contributed by atoms with van der Waals surface area (Å²) >= 11 is 0. The maximum atomic E-state index is 12.0. The van der Waals surface area contributed by atoms with Gasteiger partial charge in [0.2, 0.25) is 0 Å². The van der Waals surface area contributed by atoms with E-state index < -0.39 is 36.7 Å². The first kappa shape index (κ1) is 23.9. The molecule has 1 unspecified atom stereocenters. The Labute approximate surface area is 198 Å². The molecule has 8 nitrogen and oxygen atoms in total. The molecule has 1 heterocycles. The molecule has 34 heavy (non-hydrogen) atoms. The summed E-state index contributed by atoms with van der Waals surface area (Å²) in [7, 11) is 0. The Morgan fingerprint density at radius 3 is 2.56 bits per heavy atom. The highest BCUT2D eigenvalue weighted by molar-refractivity contribution is 6.01. The van der Waals surface area contributed by atoms with Gasteiger partial charge in [0.15, 0.2) is 18.2 Å². The van der Waals surface area contributed by atoms with E-state index in [0.717, 1.165) is 43.3 Å². The summed E-state index contributed by atoms with van der Waals surface area (Å²) < 4.78 is 11.6. The summed E-state index contributed by atoms with van der Waals surface area (Å²) in [4.78, 5) is 23.5. The van der Waals surface area contributed by atoms with Crippen LogP contribution in [-0.4, -0.2) is 69.0 Å². The van der Waals surface area contributed by atoms with E-state index in [1.54, 1.807) is 12.2 Å². The van der Waals surface area contributed by atoms with Gasteiger partial charge in [0.25, 0.3) is 0 Å². The molecule has 5 aliphatic rings. The van der Waals surface area contributed by atoms with Crippen LogP contribution < -0.4 is 0 Å². The minimum Gasteiger partial charge on any atom is -0.479 e. The van der Waals surface area contributed by atoms with Crippen LogP contribution in [0.15, 0.2) is 36.0 Å². The summed E-state index contributed by atoms with van der Waals surface area (Å²) in [5.41, 5.74) is 1.64. The first-order valence-corrected chi connectivity index (χ1v) is 12.2. The third-order valence-electron chi connectivity index (χ3n) is 9.56. The molecule has 0 aromatic heterocycles.